The molecule has 1 N–H and O–H groups in total. The maximum atomic E-state index is 11.8. The Labute approximate surface area is 277 Å². The van der Waals surface area contributed by atoms with E-state index in [2.05, 4.69) is 38.1 Å². The third kappa shape index (κ3) is 12.2. The highest BCUT2D eigenvalue weighted by Gasteiger charge is 2.41. The number of rotatable bonds is 21. The summed E-state index contributed by atoms with van der Waals surface area (Å²) < 4.78 is 26.3. The van der Waals surface area contributed by atoms with Gasteiger partial charge < -0.3 is 24.1 Å². The van der Waals surface area contributed by atoms with Gasteiger partial charge >= 0.3 is 0 Å². The van der Waals surface area contributed by atoms with Gasteiger partial charge in [0.15, 0.2) is 0 Å². The number of hydrogen-bond acceptors (Lipinski definition) is 7. The van der Waals surface area contributed by atoms with Gasteiger partial charge in [0.1, 0.15) is 24.4 Å². The van der Waals surface area contributed by atoms with E-state index in [0.29, 0.717) is 26.4 Å². The average molecular weight is 647 g/mol. The molecule has 0 radical (unpaired) electrons. The Morgan fingerprint density at radius 3 is 1.24 bits per heavy atom. The molecule has 4 aromatic rings. The zero-order valence-corrected chi connectivity index (χ0v) is 27.9. The van der Waals surface area contributed by atoms with Crippen molar-refractivity contribution in [1.29, 1.82) is 0 Å². The minimum atomic E-state index is -0.958. The predicted molar refractivity (Wildman–Crippen MR) is 187 cm³/mol. The van der Waals surface area contributed by atoms with Crippen molar-refractivity contribution in [1.82, 2.24) is 0 Å². The second-order valence-electron chi connectivity index (χ2n) is 10.6. The second kappa shape index (κ2) is 20.5. The van der Waals surface area contributed by atoms with Gasteiger partial charge in [0.25, 0.3) is 0 Å². The minimum absolute atomic E-state index is 0.0600. The topological polar surface area (TPSA) is 57.2 Å². The van der Waals surface area contributed by atoms with Crippen molar-refractivity contribution in [3.63, 3.8) is 0 Å². The summed E-state index contributed by atoms with van der Waals surface area (Å²) in [7, 11) is 0. The Kier molecular flexibility index (Phi) is 16.0. The van der Waals surface area contributed by atoms with Crippen molar-refractivity contribution in [3.05, 3.63) is 144 Å². The summed E-state index contributed by atoms with van der Waals surface area (Å²) in [5.74, 6) is 1.85. The maximum Gasteiger partial charge on any atom is 0.115 e. The highest BCUT2D eigenvalue weighted by atomic mass is 32.2. The summed E-state index contributed by atoms with van der Waals surface area (Å²) in [6.45, 7) is 5.93. The number of aliphatic hydroxyl groups excluding tert-OH is 1. The number of ether oxygens (including phenoxy) is 4. The lowest BCUT2D eigenvalue weighted by Gasteiger charge is -2.39. The van der Waals surface area contributed by atoms with Gasteiger partial charge in [-0.2, -0.15) is 0 Å². The standard InChI is InChI=1S/C38H46O5S2/c1-3-44-38(45-4-2)37(43-28-33-23-15-8-16-24-33)36(42-27-32-21-13-7-14-22-32)35(41-26-31-19-11-6-12-20-31)34(39)29-40-25-30-17-9-5-10-18-30/h5-24,34-39H,3-4,25-29H2,1-2H3/t34-,35+,36+,37-/m1/s1. The summed E-state index contributed by atoms with van der Waals surface area (Å²) in [5.41, 5.74) is 4.19. The molecule has 0 spiro atoms. The van der Waals surface area contributed by atoms with Gasteiger partial charge in [-0.3, -0.25) is 0 Å². The molecule has 4 atom stereocenters. The number of benzene rings is 4. The molecule has 0 saturated heterocycles. The molecular weight excluding hydrogens is 601 g/mol. The first-order valence-corrected chi connectivity index (χ1v) is 17.8. The molecule has 0 heterocycles. The normalized spacial score (nSPS) is 14.2. The van der Waals surface area contributed by atoms with E-state index in [1.807, 2.05) is 121 Å². The Morgan fingerprint density at radius 1 is 0.489 bits per heavy atom. The van der Waals surface area contributed by atoms with Crippen molar-refractivity contribution >= 4 is 23.5 Å². The van der Waals surface area contributed by atoms with Crippen LogP contribution in [0.5, 0.6) is 0 Å². The summed E-state index contributed by atoms with van der Waals surface area (Å²) in [5, 5.41) is 11.8. The Hall–Kier alpha value is -2.62. The largest absolute Gasteiger partial charge is 0.388 e. The molecule has 4 rings (SSSR count). The van der Waals surface area contributed by atoms with Crippen LogP contribution in [-0.2, 0) is 45.4 Å². The van der Waals surface area contributed by atoms with E-state index in [0.717, 1.165) is 33.8 Å². The quantitative estimate of drug-likeness (QED) is 0.0917. The molecule has 0 aliphatic heterocycles. The van der Waals surface area contributed by atoms with Crippen LogP contribution in [0.2, 0.25) is 0 Å². The van der Waals surface area contributed by atoms with Gasteiger partial charge in [0.2, 0.25) is 0 Å². The molecule has 0 aliphatic carbocycles. The van der Waals surface area contributed by atoms with Crippen molar-refractivity contribution in [2.24, 2.45) is 0 Å². The summed E-state index contributed by atoms with van der Waals surface area (Å²) in [6.07, 6.45) is -2.65. The van der Waals surface area contributed by atoms with Crippen LogP contribution < -0.4 is 0 Å². The smallest absolute Gasteiger partial charge is 0.115 e. The first-order valence-electron chi connectivity index (χ1n) is 15.7. The highest BCUT2D eigenvalue weighted by molar-refractivity contribution is 8.17. The fourth-order valence-corrected chi connectivity index (χ4v) is 7.67. The maximum absolute atomic E-state index is 11.8. The van der Waals surface area contributed by atoms with Crippen LogP contribution in [0, 0.1) is 0 Å². The molecule has 0 amide bonds. The molecule has 5 nitrogen and oxygen atoms in total. The molecule has 7 heteroatoms. The third-order valence-corrected chi connectivity index (χ3v) is 9.89. The second-order valence-corrected chi connectivity index (χ2v) is 13.8. The average Bonchev–Trinajstić information content (AvgIpc) is 3.09. The van der Waals surface area contributed by atoms with E-state index in [1.165, 1.54) is 0 Å². The van der Waals surface area contributed by atoms with Crippen LogP contribution in [0.15, 0.2) is 121 Å². The lowest BCUT2D eigenvalue weighted by Crippen LogP contribution is -2.52. The molecule has 240 valence electrons. The fourth-order valence-electron chi connectivity index (χ4n) is 4.96. The Bertz CT molecular complexity index is 1290. The van der Waals surface area contributed by atoms with Crippen LogP contribution in [-0.4, -0.2) is 52.2 Å². The van der Waals surface area contributed by atoms with Crippen LogP contribution in [0.25, 0.3) is 0 Å². The first kappa shape index (κ1) is 35.2. The monoisotopic (exact) mass is 646 g/mol. The van der Waals surface area contributed by atoms with E-state index in [9.17, 15) is 5.11 Å². The van der Waals surface area contributed by atoms with E-state index in [4.69, 9.17) is 18.9 Å². The summed E-state index contributed by atoms with van der Waals surface area (Å²) in [4.78, 5) is 0. The highest BCUT2D eigenvalue weighted by Crippen LogP contribution is 2.34. The van der Waals surface area contributed by atoms with Gasteiger partial charge in [-0.25, -0.2) is 0 Å². The van der Waals surface area contributed by atoms with Crippen LogP contribution in [0.3, 0.4) is 0 Å². The van der Waals surface area contributed by atoms with Crippen molar-refractivity contribution in [3.8, 4) is 0 Å². The van der Waals surface area contributed by atoms with Gasteiger partial charge in [-0.1, -0.05) is 135 Å². The Balaban J connectivity index is 1.65. The van der Waals surface area contributed by atoms with E-state index in [-0.39, 0.29) is 17.3 Å². The summed E-state index contributed by atoms with van der Waals surface area (Å²) in [6, 6.07) is 40.3. The van der Waals surface area contributed by atoms with E-state index in [1.54, 1.807) is 0 Å². The van der Waals surface area contributed by atoms with Gasteiger partial charge in [0, 0.05) is 0 Å². The van der Waals surface area contributed by atoms with Gasteiger partial charge in [-0.15, -0.1) is 23.5 Å². The molecule has 4 aromatic carbocycles. The van der Waals surface area contributed by atoms with Gasteiger partial charge in [0.05, 0.1) is 37.6 Å². The molecule has 0 aromatic heterocycles. The predicted octanol–water partition coefficient (Wildman–Crippen LogP) is 8.15. The number of thioether (sulfide) groups is 2. The molecule has 45 heavy (non-hydrogen) atoms. The third-order valence-electron chi connectivity index (χ3n) is 7.21. The van der Waals surface area contributed by atoms with Gasteiger partial charge in [-0.05, 0) is 33.8 Å². The number of aliphatic hydroxyl groups is 1. The first-order chi connectivity index (χ1) is 22.2. The van der Waals surface area contributed by atoms with Crippen molar-refractivity contribution in [2.45, 2.75) is 69.3 Å². The minimum Gasteiger partial charge on any atom is -0.388 e. The summed E-state index contributed by atoms with van der Waals surface area (Å²) >= 11 is 3.68. The molecule has 0 bridgehead atoms. The zero-order valence-electron chi connectivity index (χ0n) is 26.3. The Morgan fingerprint density at radius 2 is 0.844 bits per heavy atom. The number of hydrogen-bond donors (Lipinski definition) is 1. The van der Waals surface area contributed by atoms with E-state index < -0.39 is 18.3 Å². The lowest BCUT2D eigenvalue weighted by atomic mass is 10.0. The van der Waals surface area contributed by atoms with Crippen LogP contribution >= 0.6 is 23.5 Å². The molecule has 0 aliphatic rings. The van der Waals surface area contributed by atoms with E-state index >= 15 is 0 Å². The van der Waals surface area contributed by atoms with Crippen LogP contribution in [0.4, 0.5) is 0 Å². The lowest BCUT2D eigenvalue weighted by molar-refractivity contribution is -0.184. The van der Waals surface area contributed by atoms with Crippen molar-refractivity contribution < 1.29 is 24.1 Å². The zero-order chi connectivity index (χ0) is 31.5. The fraction of sp³-hybridized carbons (Fsp3) is 0.368. The molecular formula is C38H46O5S2. The van der Waals surface area contributed by atoms with Crippen LogP contribution in [0.1, 0.15) is 36.1 Å². The molecule has 0 unspecified atom stereocenters. The molecule has 0 fully saturated rings. The SMILES string of the molecule is CCSC(SCC)[C@H](OCc1ccccc1)[C@@H](OCc1ccccc1)[C@@H](OCc1ccccc1)[C@H](O)COCc1ccccc1. The molecule has 0 saturated carbocycles. The van der Waals surface area contributed by atoms with Crippen molar-refractivity contribution in [2.75, 3.05) is 18.1 Å².